The first-order chi connectivity index (χ1) is 10.3. The minimum atomic E-state index is 0.00619. The maximum atomic E-state index is 8.95. The van der Waals surface area contributed by atoms with Crippen molar-refractivity contribution in [2.45, 2.75) is 10.1 Å². The van der Waals surface area contributed by atoms with Gasteiger partial charge in [0.1, 0.15) is 0 Å². The number of oxime groups is 1. The van der Waals surface area contributed by atoms with Crippen molar-refractivity contribution < 1.29 is 5.21 Å². The molecule has 0 radical (unpaired) electrons. The SMILES string of the molecule is N/C(=N\O)c1cnc2ccccc2c1Sc1ncccn1. The molecular weight excluding hydrogens is 286 g/mol. The second-order valence-electron chi connectivity index (χ2n) is 4.14. The summed E-state index contributed by atoms with van der Waals surface area (Å²) in [6.07, 6.45) is 4.92. The summed E-state index contributed by atoms with van der Waals surface area (Å²) in [6.45, 7) is 0. The molecule has 104 valence electrons. The van der Waals surface area contributed by atoms with E-state index in [1.54, 1.807) is 24.7 Å². The highest BCUT2D eigenvalue weighted by Gasteiger charge is 2.14. The molecule has 0 aliphatic heterocycles. The van der Waals surface area contributed by atoms with Crippen molar-refractivity contribution in [1.29, 1.82) is 0 Å². The zero-order valence-corrected chi connectivity index (χ0v) is 11.7. The van der Waals surface area contributed by atoms with Crippen LogP contribution in [0.15, 0.2) is 64.1 Å². The van der Waals surface area contributed by atoms with Crippen molar-refractivity contribution >= 4 is 28.5 Å². The zero-order valence-electron chi connectivity index (χ0n) is 10.8. The largest absolute Gasteiger partial charge is 0.409 e. The molecule has 0 saturated heterocycles. The lowest BCUT2D eigenvalue weighted by Gasteiger charge is -2.10. The van der Waals surface area contributed by atoms with Gasteiger partial charge in [0.25, 0.3) is 0 Å². The zero-order chi connectivity index (χ0) is 14.7. The highest BCUT2D eigenvalue weighted by Crippen LogP contribution is 2.33. The van der Waals surface area contributed by atoms with Gasteiger partial charge >= 0.3 is 0 Å². The number of para-hydroxylation sites is 1. The molecule has 3 aromatic rings. The lowest BCUT2D eigenvalue weighted by atomic mass is 10.1. The molecule has 0 aliphatic rings. The molecule has 0 saturated carbocycles. The van der Waals surface area contributed by atoms with Crippen LogP contribution in [0.4, 0.5) is 0 Å². The summed E-state index contributed by atoms with van der Waals surface area (Å²) in [4.78, 5) is 13.5. The maximum absolute atomic E-state index is 8.95. The first-order valence-electron chi connectivity index (χ1n) is 6.10. The smallest absolute Gasteiger partial charge is 0.192 e. The van der Waals surface area contributed by atoms with E-state index in [1.165, 1.54) is 11.8 Å². The topological polar surface area (TPSA) is 97.3 Å². The molecule has 3 N–H and O–H groups in total. The number of rotatable bonds is 3. The van der Waals surface area contributed by atoms with Gasteiger partial charge in [0.05, 0.1) is 11.1 Å². The number of pyridine rings is 1. The minimum absolute atomic E-state index is 0.00619. The lowest BCUT2D eigenvalue weighted by Crippen LogP contribution is -2.15. The van der Waals surface area contributed by atoms with Crippen molar-refractivity contribution in [2.24, 2.45) is 10.9 Å². The molecule has 0 amide bonds. The molecule has 0 spiro atoms. The van der Waals surface area contributed by atoms with Crippen LogP contribution in [0.3, 0.4) is 0 Å². The standard InChI is InChI=1S/C14H11N5OS/c15-13(19-20)10-8-18-11-5-2-1-4-9(11)12(10)21-14-16-6-3-7-17-14/h1-8,20H,(H2,15,19). The fourth-order valence-electron chi connectivity index (χ4n) is 1.89. The fourth-order valence-corrected chi connectivity index (χ4v) is 2.85. The molecule has 7 heteroatoms. The van der Waals surface area contributed by atoms with Crippen molar-refractivity contribution in [2.75, 3.05) is 0 Å². The number of amidine groups is 1. The number of fused-ring (bicyclic) bond motifs is 1. The normalized spacial score (nSPS) is 11.7. The Hall–Kier alpha value is -2.67. The van der Waals surface area contributed by atoms with E-state index in [1.807, 2.05) is 24.3 Å². The van der Waals surface area contributed by atoms with Crippen LogP contribution >= 0.6 is 11.8 Å². The predicted molar refractivity (Wildman–Crippen MR) is 80.4 cm³/mol. The summed E-state index contributed by atoms with van der Waals surface area (Å²) >= 11 is 1.35. The van der Waals surface area contributed by atoms with E-state index < -0.39 is 0 Å². The summed E-state index contributed by atoms with van der Waals surface area (Å²) in [7, 11) is 0. The van der Waals surface area contributed by atoms with Gasteiger partial charge in [-0.25, -0.2) is 9.97 Å². The summed E-state index contributed by atoms with van der Waals surface area (Å²) in [5.41, 5.74) is 7.12. The first kappa shape index (κ1) is 13.3. The number of benzene rings is 1. The average molecular weight is 297 g/mol. The number of nitrogens with two attached hydrogens (primary N) is 1. The molecule has 3 rings (SSSR count). The van der Waals surface area contributed by atoms with Gasteiger partial charge in [0.2, 0.25) is 0 Å². The number of hydrogen-bond acceptors (Lipinski definition) is 6. The Balaban J connectivity index is 2.21. The monoisotopic (exact) mass is 297 g/mol. The average Bonchev–Trinajstić information content (AvgIpc) is 2.55. The molecule has 1 aromatic carbocycles. The maximum Gasteiger partial charge on any atom is 0.192 e. The third-order valence-corrected chi connectivity index (χ3v) is 3.88. The second-order valence-corrected chi connectivity index (χ2v) is 5.11. The summed E-state index contributed by atoms with van der Waals surface area (Å²) in [6, 6.07) is 9.41. The van der Waals surface area contributed by atoms with Crippen molar-refractivity contribution in [3.8, 4) is 0 Å². The van der Waals surface area contributed by atoms with Crippen LogP contribution < -0.4 is 5.73 Å². The van der Waals surface area contributed by atoms with E-state index >= 15 is 0 Å². The van der Waals surface area contributed by atoms with Crippen molar-refractivity contribution in [3.63, 3.8) is 0 Å². The molecule has 0 atom stereocenters. The van der Waals surface area contributed by atoms with Crippen LogP contribution in [-0.2, 0) is 0 Å². The van der Waals surface area contributed by atoms with Crippen LogP contribution in [-0.4, -0.2) is 26.0 Å². The van der Waals surface area contributed by atoms with Crippen LogP contribution in [0.5, 0.6) is 0 Å². The van der Waals surface area contributed by atoms with E-state index in [9.17, 15) is 0 Å². The Labute approximate surface area is 124 Å². The van der Waals surface area contributed by atoms with Crippen LogP contribution in [0.1, 0.15) is 5.56 Å². The van der Waals surface area contributed by atoms with E-state index in [0.29, 0.717) is 10.7 Å². The molecule has 0 aliphatic carbocycles. The van der Waals surface area contributed by atoms with Gasteiger partial charge < -0.3 is 10.9 Å². The molecule has 0 fully saturated rings. The molecule has 0 unspecified atom stereocenters. The van der Waals surface area contributed by atoms with Gasteiger partial charge in [0.15, 0.2) is 11.0 Å². The highest BCUT2D eigenvalue weighted by molar-refractivity contribution is 7.99. The third-order valence-electron chi connectivity index (χ3n) is 2.85. The second kappa shape index (κ2) is 5.76. The molecule has 2 heterocycles. The summed E-state index contributed by atoms with van der Waals surface area (Å²) in [5, 5.41) is 13.5. The van der Waals surface area contributed by atoms with E-state index in [2.05, 4.69) is 20.1 Å². The lowest BCUT2D eigenvalue weighted by molar-refractivity contribution is 0.318. The van der Waals surface area contributed by atoms with Crippen LogP contribution in [0.2, 0.25) is 0 Å². The Kier molecular flexibility index (Phi) is 3.65. The molecule has 21 heavy (non-hydrogen) atoms. The van der Waals surface area contributed by atoms with Gasteiger partial charge in [0, 0.05) is 28.9 Å². The van der Waals surface area contributed by atoms with Gasteiger partial charge in [-0.05, 0) is 23.9 Å². The summed E-state index contributed by atoms with van der Waals surface area (Å²) < 4.78 is 0. The van der Waals surface area contributed by atoms with Gasteiger partial charge in [-0.1, -0.05) is 23.4 Å². The number of nitrogens with zero attached hydrogens (tertiary/aromatic N) is 4. The first-order valence-corrected chi connectivity index (χ1v) is 6.92. The third kappa shape index (κ3) is 2.63. The Morgan fingerprint density at radius 2 is 1.86 bits per heavy atom. The van der Waals surface area contributed by atoms with E-state index in [4.69, 9.17) is 10.9 Å². The number of hydrogen-bond donors (Lipinski definition) is 2. The Morgan fingerprint density at radius 1 is 1.10 bits per heavy atom. The van der Waals surface area contributed by atoms with Crippen LogP contribution in [0, 0.1) is 0 Å². The summed E-state index contributed by atoms with van der Waals surface area (Å²) in [5.74, 6) is 0.00619. The quantitative estimate of drug-likeness (QED) is 0.253. The van der Waals surface area contributed by atoms with Crippen molar-refractivity contribution in [3.05, 3.63) is 54.5 Å². The predicted octanol–water partition coefficient (Wildman–Crippen LogP) is 2.27. The molecule has 6 nitrogen and oxygen atoms in total. The molecule has 2 aromatic heterocycles. The Bertz CT molecular complexity index is 807. The van der Waals surface area contributed by atoms with Crippen LogP contribution in [0.25, 0.3) is 10.9 Å². The highest BCUT2D eigenvalue weighted by atomic mass is 32.2. The number of aromatic nitrogens is 3. The van der Waals surface area contributed by atoms with Gasteiger partial charge in [-0.2, -0.15) is 0 Å². The van der Waals surface area contributed by atoms with Crippen molar-refractivity contribution in [1.82, 2.24) is 15.0 Å². The minimum Gasteiger partial charge on any atom is -0.409 e. The van der Waals surface area contributed by atoms with E-state index in [-0.39, 0.29) is 5.84 Å². The van der Waals surface area contributed by atoms with Gasteiger partial charge in [-0.3, -0.25) is 4.98 Å². The van der Waals surface area contributed by atoms with E-state index in [0.717, 1.165) is 15.8 Å². The van der Waals surface area contributed by atoms with Gasteiger partial charge in [-0.15, -0.1) is 0 Å². The Morgan fingerprint density at radius 3 is 2.62 bits per heavy atom. The fraction of sp³-hybridized carbons (Fsp3) is 0. The molecule has 0 bridgehead atoms. The molecular formula is C14H11N5OS.